The zero-order chi connectivity index (χ0) is 11.3. The van der Waals surface area contributed by atoms with Gasteiger partial charge < -0.3 is 4.90 Å². The Kier molecular flexibility index (Phi) is 2.48. The van der Waals surface area contributed by atoms with Crippen molar-refractivity contribution in [2.24, 2.45) is 11.8 Å². The van der Waals surface area contributed by atoms with Crippen LogP contribution in [0.3, 0.4) is 0 Å². The highest BCUT2D eigenvalue weighted by Gasteiger charge is 2.46. The van der Waals surface area contributed by atoms with Crippen molar-refractivity contribution in [3.05, 3.63) is 33.3 Å². The molecule has 4 heteroatoms. The van der Waals surface area contributed by atoms with E-state index in [0.29, 0.717) is 10.6 Å². The summed E-state index contributed by atoms with van der Waals surface area (Å²) in [5.74, 6) is 1.66. The van der Waals surface area contributed by atoms with E-state index in [2.05, 4.69) is 15.9 Å². The number of nitrogens with zero attached hydrogens (tertiary/aromatic N) is 1. The monoisotopic (exact) mass is 299 g/mol. The van der Waals surface area contributed by atoms with Crippen LogP contribution in [0.4, 0.5) is 0 Å². The molecule has 1 saturated carbocycles. The number of hydrogen-bond acceptors (Lipinski definition) is 1. The van der Waals surface area contributed by atoms with Crippen molar-refractivity contribution in [1.82, 2.24) is 4.90 Å². The third kappa shape index (κ3) is 1.76. The molecular formula is C12H11BrClNO. The lowest BCUT2D eigenvalue weighted by molar-refractivity contribution is 0.0775. The van der Waals surface area contributed by atoms with Crippen LogP contribution in [0.1, 0.15) is 16.8 Å². The van der Waals surface area contributed by atoms with Gasteiger partial charge in [0.1, 0.15) is 0 Å². The average molecular weight is 301 g/mol. The second kappa shape index (κ2) is 3.74. The fourth-order valence-corrected chi connectivity index (χ4v) is 2.80. The van der Waals surface area contributed by atoms with Crippen molar-refractivity contribution in [2.75, 3.05) is 13.1 Å². The predicted octanol–water partition coefficient (Wildman–Crippen LogP) is 3.19. The van der Waals surface area contributed by atoms with Gasteiger partial charge in [-0.1, -0.05) is 11.6 Å². The number of carbonyl (C=O) groups excluding carboxylic acids is 1. The lowest BCUT2D eigenvalue weighted by atomic mass is 10.2. The van der Waals surface area contributed by atoms with Crippen LogP contribution in [0.15, 0.2) is 22.7 Å². The SMILES string of the molecule is O=C(c1ccc(Br)c(Cl)c1)N1CC2CC2C1. The maximum absolute atomic E-state index is 12.1. The number of halogens is 2. The van der Waals surface area contributed by atoms with Crippen LogP contribution in [0.2, 0.25) is 5.02 Å². The maximum Gasteiger partial charge on any atom is 0.253 e. The van der Waals surface area contributed by atoms with Crippen molar-refractivity contribution in [2.45, 2.75) is 6.42 Å². The molecule has 1 aromatic carbocycles. The molecule has 2 aliphatic rings. The lowest BCUT2D eigenvalue weighted by Crippen LogP contribution is -2.30. The second-order valence-corrected chi connectivity index (χ2v) is 5.86. The van der Waals surface area contributed by atoms with E-state index in [4.69, 9.17) is 11.6 Å². The average Bonchev–Trinajstić information content (AvgIpc) is 2.89. The summed E-state index contributed by atoms with van der Waals surface area (Å²) in [5.41, 5.74) is 0.689. The third-order valence-electron chi connectivity index (χ3n) is 3.43. The third-order valence-corrected chi connectivity index (χ3v) is 4.67. The normalized spacial score (nSPS) is 26.8. The van der Waals surface area contributed by atoms with Gasteiger partial charge in [-0.25, -0.2) is 0 Å². The first kappa shape index (κ1) is 10.6. The number of piperidine rings is 1. The van der Waals surface area contributed by atoms with Crippen LogP contribution in [-0.2, 0) is 0 Å². The maximum atomic E-state index is 12.1. The summed E-state index contributed by atoms with van der Waals surface area (Å²) in [5, 5.41) is 0.593. The molecular weight excluding hydrogens is 289 g/mol. The van der Waals surface area contributed by atoms with E-state index in [1.165, 1.54) is 6.42 Å². The Hall–Kier alpha value is -0.540. The number of likely N-dealkylation sites (tertiary alicyclic amines) is 1. The van der Waals surface area contributed by atoms with Crippen molar-refractivity contribution in [3.63, 3.8) is 0 Å². The van der Waals surface area contributed by atoms with Gasteiger partial charge in [0.25, 0.3) is 5.91 Å². The highest BCUT2D eigenvalue weighted by atomic mass is 79.9. The minimum absolute atomic E-state index is 0.113. The molecule has 1 aliphatic carbocycles. The fourth-order valence-electron chi connectivity index (χ4n) is 2.38. The van der Waals surface area contributed by atoms with E-state index < -0.39 is 0 Å². The highest BCUT2D eigenvalue weighted by Crippen LogP contribution is 2.45. The first-order valence-corrected chi connectivity index (χ1v) is 6.56. The molecule has 2 unspecified atom stereocenters. The number of carbonyl (C=O) groups is 1. The van der Waals surface area contributed by atoms with Gasteiger partial charge in [0.2, 0.25) is 0 Å². The van der Waals surface area contributed by atoms with Gasteiger partial charge in [0.15, 0.2) is 0 Å². The van der Waals surface area contributed by atoms with Crippen molar-refractivity contribution >= 4 is 33.4 Å². The van der Waals surface area contributed by atoms with Gasteiger partial charge in [-0.3, -0.25) is 4.79 Å². The van der Waals surface area contributed by atoms with E-state index in [-0.39, 0.29) is 5.91 Å². The van der Waals surface area contributed by atoms with Crippen LogP contribution in [0, 0.1) is 11.8 Å². The topological polar surface area (TPSA) is 20.3 Å². The molecule has 1 saturated heterocycles. The first-order valence-electron chi connectivity index (χ1n) is 5.39. The number of hydrogen-bond donors (Lipinski definition) is 0. The van der Waals surface area contributed by atoms with Crippen LogP contribution < -0.4 is 0 Å². The summed E-state index contributed by atoms with van der Waals surface area (Å²) in [7, 11) is 0. The van der Waals surface area contributed by atoms with Gasteiger partial charge in [-0.05, 0) is 52.4 Å². The molecule has 84 valence electrons. The molecule has 2 nitrogen and oxygen atoms in total. The van der Waals surface area contributed by atoms with Crippen LogP contribution in [-0.4, -0.2) is 23.9 Å². The van der Waals surface area contributed by atoms with Crippen molar-refractivity contribution in [3.8, 4) is 0 Å². The predicted molar refractivity (Wildman–Crippen MR) is 66.7 cm³/mol. The molecule has 1 heterocycles. The Morgan fingerprint density at radius 3 is 2.69 bits per heavy atom. The van der Waals surface area contributed by atoms with Crippen molar-refractivity contribution in [1.29, 1.82) is 0 Å². The standard InChI is InChI=1S/C12H11BrClNO/c13-10-2-1-7(4-11(10)14)12(16)15-5-8-3-9(8)6-15/h1-2,4,8-9H,3,5-6H2. The number of benzene rings is 1. The second-order valence-electron chi connectivity index (χ2n) is 4.59. The van der Waals surface area contributed by atoms with Gasteiger partial charge in [-0.2, -0.15) is 0 Å². The zero-order valence-electron chi connectivity index (χ0n) is 8.62. The number of fused-ring (bicyclic) bond motifs is 1. The minimum atomic E-state index is 0.113. The molecule has 1 amide bonds. The molecule has 0 aromatic heterocycles. The smallest absolute Gasteiger partial charge is 0.253 e. The fraction of sp³-hybridized carbons (Fsp3) is 0.417. The van der Waals surface area contributed by atoms with Crippen LogP contribution >= 0.6 is 27.5 Å². The van der Waals surface area contributed by atoms with E-state index in [1.807, 2.05) is 17.0 Å². The Balaban J connectivity index is 1.80. The Morgan fingerprint density at radius 2 is 2.06 bits per heavy atom. The quantitative estimate of drug-likeness (QED) is 0.780. The highest BCUT2D eigenvalue weighted by molar-refractivity contribution is 9.10. The molecule has 0 N–H and O–H groups in total. The molecule has 2 fully saturated rings. The summed E-state index contributed by atoms with van der Waals surface area (Å²) in [4.78, 5) is 14.1. The van der Waals surface area contributed by atoms with Crippen molar-refractivity contribution < 1.29 is 4.79 Å². The van der Waals surface area contributed by atoms with Gasteiger partial charge in [-0.15, -0.1) is 0 Å². The van der Waals surface area contributed by atoms with Gasteiger partial charge in [0, 0.05) is 23.1 Å². The summed E-state index contributed by atoms with van der Waals surface area (Å²) in [6, 6.07) is 5.38. The molecule has 0 spiro atoms. The minimum Gasteiger partial charge on any atom is -0.338 e. The molecule has 1 aromatic rings. The number of amides is 1. The molecule has 2 atom stereocenters. The lowest BCUT2D eigenvalue weighted by Gasteiger charge is -2.18. The summed E-state index contributed by atoms with van der Waals surface area (Å²) in [6.07, 6.45) is 1.31. The Bertz CT molecular complexity index is 452. The molecule has 1 aliphatic heterocycles. The number of rotatable bonds is 1. The first-order chi connectivity index (χ1) is 7.65. The van der Waals surface area contributed by atoms with Gasteiger partial charge >= 0.3 is 0 Å². The Labute approximate surface area is 108 Å². The largest absolute Gasteiger partial charge is 0.338 e. The van der Waals surface area contributed by atoms with E-state index in [0.717, 1.165) is 29.4 Å². The summed E-state index contributed by atoms with van der Waals surface area (Å²) in [6.45, 7) is 1.86. The van der Waals surface area contributed by atoms with E-state index in [1.54, 1.807) is 6.07 Å². The Morgan fingerprint density at radius 1 is 1.38 bits per heavy atom. The van der Waals surface area contributed by atoms with Crippen LogP contribution in [0.25, 0.3) is 0 Å². The summed E-state index contributed by atoms with van der Waals surface area (Å²) >= 11 is 9.31. The van der Waals surface area contributed by atoms with E-state index >= 15 is 0 Å². The zero-order valence-corrected chi connectivity index (χ0v) is 11.0. The summed E-state index contributed by atoms with van der Waals surface area (Å²) < 4.78 is 0.829. The molecule has 0 radical (unpaired) electrons. The molecule has 16 heavy (non-hydrogen) atoms. The van der Waals surface area contributed by atoms with Crippen LogP contribution in [0.5, 0.6) is 0 Å². The van der Waals surface area contributed by atoms with E-state index in [9.17, 15) is 4.79 Å². The molecule has 3 rings (SSSR count). The molecule has 0 bridgehead atoms. The van der Waals surface area contributed by atoms with Gasteiger partial charge in [0.05, 0.1) is 5.02 Å².